The first-order valence-electron chi connectivity index (χ1n) is 7.33. The maximum atomic E-state index is 13.6. The van der Waals surface area contributed by atoms with E-state index in [1.165, 1.54) is 37.7 Å². The Morgan fingerprint density at radius 1 is 1.28 bits per heavy atom. The van der Waals surface area contributed by atoms with Crippen molar-refractivity contribution in [2.45, 2.75) is 6.61 Å². The summed E-state index contributed by atoms with van der Waals surface area (Å²) in [6.45, 7) is -0.0512. The fraction of sp³-hybridized carbons (Fsp3) is 0.111. The van der Waals surface area contributed by atoms with Crippen molar-refractivity contribution in [3.05, 3.63) is 65.8 Å². The van der Waals surface area contributed by atoms with E-state index in [-0.39, 0.29) is 12.4 Å². The molecule has 0 aliphatic carbocycles. The van der Waals surface area contributed by atoms with Gasteiger partial charge in [0.05, 0.1) is 13.4 Å². The Morgan fingerprint density at radius 3 is 2.88 bits per heavy atom. The number of aromatic nitrogens is 1. The third-order valence-electron chi connectivity index (χ3n) is 3.27. The highest BCUT2D eigenvalue weighted by atomic mass is 19.1. The number of carbonyl (C=O) groups excluding carboxylic acids is 1. The van der Waals surface area contributed by atoms with Gasteiger partial charge in [0, 0.05) is 12.1 Å². The number of hydrogen-bond acceptors (Lipinski definition) is 6. The molecule has 0 saturated carbocycles. The maximum absolute atomic E-state index is 13.6. The first-order valence-corrected chi connectivity index (χ1v) is 7.33. The van der Waals surface area contributed by atoms with E-state index in [1.807, 2.05) is 0 Å². The smallest absolute Gasteiger partial charge is 0.331 e. The number of esters is 1. The van der Waals surface area contributed by atoms with Gasteiger partial charge in [0.1, 0.15) is 12.3 Å². The Hall–Kier alpha value is -3.35. The van der Waals surface area contributed by atoms with Gasteiger partial charge in [0.2, 0.25) is 5.76 Å². The van der Waals surface area contributed by atoms with Gasteiger partial charge in [-0.3, -0.25) is 0 Å². The number of halogens is 1. The lowest BCUT2D eigenvalue weighted by Crippen LogP contribution is -2.00. The average molecular weight is 343 g/mol. The number of nitrogens with zero attached hydrogens (tertiary/aromatic N) is 1. The van der Waals surface area contributed by atoms with Gasteiger partial charge in [0.15, 0.2) is 17.3 Å². The normalized spacial score (nSPS) is 11.0. The zero-order valence-corrected chi connectivity index (χ0v) is 13.3. The average Bonchev–Trinajstić information content (AvgIpc) is 3.29. The zero-order chi connectivity index (χ0) is 17.6. The molecule has 7 heteroatoms. The first-order chi connectivity index (χ1) is 12.2. The molecular weight excluding hydrogens is 329 g/mol. The molecule has 0 unspecified atom stereocenters. The fourth-order valence-corrected chi connectivity index (χ4v) is 2.06. The molecule has 0 aliphatic heterocycles. The van der Waals surface area contributed by atoms with Crippen LogP contribution in [0, 0.1) is 5.82 Å². The van der Waals surface area contributed by atoms with E-state index in [0.29, 0.717) is 22.8 Å². The van der Waals surface area contributed by atoms with Crippen LogP contribution < -0.4 is 4.74 Å². The van der Waals surface area contributed by atoms with Gasteiger partial charge in [0.25, 0.3) is 0 Å². The van der Waals surface area contributed by atoms with E-state index in [4.69, 9.17) is 18.4 Å². The molecule has 6 nitrogen and oxygen atoms in total. The van der Waals surface area contributed by atoms with Crippen LogP contribution in [0.4, 0.5) is 4.39 Å². The molecule has 0 amide bonds. The molecular formula is C18H14FNO5. The third-order valence-corrected chi connectivity index (χ3v) is 3.27. The Balaban J connectivity index is 1.55. The van der Waals surface area contributed by atoms with Crippen LogP contribution in [-0.4, -0.2) is 18.2 Å². The van der Waals surface area contributed by atoms with Gasteiger partial charge >= 0.3 is 5.97 Å². The Labute approximate surface area is 142 Å². The van der Waals surface area contributed by atoms with Crippen LogP contribution in [-0.2, 0) is 16.1 Å². The second kappa shape index (κ2) is 7.48. The van der Waals surface area contributed by atoms with Crippen LogP contribution in [0.2, 0.25) is 0 Å². The van der Waals surface area contributed by atoms with E-state index < -0.39 is 11.8 Å². The highest BCUT2D eigenvalue weighted by Crippen LogP contribution is 2.21. The number of hydrogen-bond donors (Lipinski definition) is 0. The predicted octanol–water partition coefficient (Wildman–Crippen LogP) is 3.84. The van der Waals surface area contributed by atoms with Crippen LogP contribution in [0.25, 0.3) is 17.6 Å². The number of benzene rings is 1. The SMILES string of the molecule is COc1ccc(/C=C/C(=O)OCc2cc(-c3ccco3)on2)cc1F. The molecule has 0 atom stereocenters. The number of methoxy groups -OCH3 is 1. The Kier molecular flexibility index (Phi) is 4.94. The van der Waals surface area contributed by atoms with Gasteiger partial charge in [-0.15, -0.1) is 0 Å². The minimum absolute atomic E-state index is 0.0512. The highest BCUT2D eigenvalue weighted by Gasteiger charge is 2.10. The summed E-state index contributed by atoms with van der Waals surface area (Å²) < 4.78 is 33.7. The van der Waals surface area contributed by atoms with Crippen LogP contribution in [0.5, 0.6) is 5.75 Å². The van der Waals surface area contributed by atoms with Crippen molar-refractivity contribution >= 4 is 12.0 Å². The molecule has 128 valence electrons. The molecule has 0 fully saturated rings. The monoisotopic (exact) mass is 343 g/mol. The zero-order valence-electron chi connectivity index (χ0n) is 13.3. The highest BCUT2D eigenvalue weighted by molar-refractivity contribution is 5.87. The van der Waals surface area contributed by atoms with Crippen molar-refractivity contribution < 1.29 is 27.6 Å². The van der Waals surface area contributed by atoms with Gasteiger partial charge in [-0.1, -0.05) is 11.2 Å². The van der Waals surface area contributed by atoms with E-state index in [0.717, 1.165) is 0 Å². The maximum Gasteiger partial charge on any atom is 0.331 e. The van der Waals surface area contributed by atoms with Crippen LogP contribution in [0.15, 0.2) is 57.7 Å². The van der Waals surface area contributed by atoms with E-state index >= 15 is 0 Å². The Morgan fingerprint density at radius 2 is 2.16 bits per heavy atom. The standard InChI is InChI=1S/C18H14FNO5/c1-22-15-6-4-12(9-14(15)19)5-7-18(21)24-11-13-10-17(25-20-13)16-3-2-8-23-16/h2-10H,11H2,1H3/b7-5+. The number of carbonyl (C=O) groups is 1. The van der Waals surface area contributed by atoms with E-state index in [1.54, 1.807) is 24.3 Å². The summed E-state index contributed by atoms with van der Waals surface area (Å²) in [5.74, 6) is 0.0229. The Bertz CT molecular complexity index is 883. The van der Waals surface area contributed by atoms with Gasteiger partial charge < -0.3 is 18.4 Å². The molecule has 1 aromatic carbocycles. The van der Waals surface area contributed by atoms with E-state index in [2.05, 4.69) is 5.16 Å². The molecule has 0 spiro atoms. The minimum Gasteiger partial charge on any atom is -0.494 e. The van der Waals surface area contributed by atoms with Crippen molar-refractivity contribution in [3.63, 3.8) is 0 Å². The summed E-state index contributed by atoms with van der Waals surface area (Å²) in [5, 5.41) is 3.79. The third kappa shape index (κ3) is 4.14. The van der Waals surface area contributed by atoms with Gasteiger partial charge in [-0.05, 0) is 35.9 Å². The lowest BCUT2D eigenvalue weighted by molar-refractivity contribution is -0.139. The van der Waals surface area contributed by atoms with Gasteiger partial charge in [-0.25, -0.2) is 9.18 Å². The summed E-state index contributed by atoms with van der Waals surface area (Å²) >= 11 is 0. The summed E-state index contributed by atoms with van der Waals surface area (Å²) in [7, 11) is 1.38. The van der Waals surface area contributed by atoms with Crippen molar-refractivity contribution in [1.29, 1.82) is 0 Å². The molecule has 2 heterocycles. The molecule has 0 bridgehead atoms. The first kappa shape index (κ1) is 16.5. The van der Waals surface area contributed by atoms with E-state index in [9.17, 15) is 9.18 Å². The molecule has 3 rings (SSSR count). The van der Waals surface area contributed by atoms with Crippen LogP contribution in [0.3, 0.4) is 0 Å². The quantitative estimate of drug-likeness (QED) is 0.500. The molecule has 0 N–H and O–H groups in total. The summed E-state index contributed by atoms with van der Waals surface area (Å²) in [6, 6.07) is 9.44. The second-order valence-electron chi connectivity index (χ2n) is 4.99. The molecule has 0 aliphatic rings. The topological polar surface area (TPSA) is 74.7 Å². The van der Waals surface area contributed by atoms with Crippen molar-refractivity contribution in [1.82, 2.24) is 5.16 Å². The second-order valence-corrected chi connectivity index (χ2v) is 4.99. The molecule has 2 aromatic heterocycles. The van der Waals surface area contributed by atoms with Crippen molar-refractivity contribution in [2.24, 2.45) is 0 Å². The van der Waals surface area contributed by atoms with Crippen LogP contribution in [0.1, 0.15) is 11.3 Å². The lowest BCUT2D eigenvalue weighted by Gasteiger charge is -2.02. The lowest BCUT2D eigenvalue weighted by atomic mass is 10.2. The van der Waals surface area contributed by atoms with Crippen molar-refractivity contribution in [2.75, 3.05) is 7.11 Å². The molecule has 0 radical (unpaired) electrons. The number of furan rings is 1. The largest absolute Gasteiger partial charge is 0.494 e. The number of ether oxygens (including phenoxy) is 2. The van der Waals surface area contributed by atoms with Gasteiger partial charge in [-0.2, -0.15) is 0 Å². The summed E-state index contributed by atoms with van der Waals surface area (Å²) in [6.07, 6.45) is 4.17. The van der Waals surface area contributed by atoms with Crippen LogP contribution >= 0.6 is 0 Å². The molecule has 3 aromatic rings. The van der Waals surface area contributed by atoms with Crippen molar-refractivity contribution in [3.8, 4) is 17.3 Å². The minimum atomic E-state index is -0.584. The summed E-state index contributed by atoms with van der Waals surface area (Å²) in [5.41, 5.74) is 0.959. The summed E-state index contributed by atoms with van der Waals surface area (Å²) in [4.78, 5) is 11.7. The predicted molar refractivity (Wildman–Crippen MR) is 86.0 cm³/mol. The fourth-order valence-electron chi connectivity index (χ4n) is 2.06. The number of rotatable bonds is 6. The molecule has 25 heavy (non-hydrogen) atoms. The molecule has 0 saturated heterocycles.